The fourth-order valence-corrected chi connectivity index (χ4v) is 3.55. The summed E-state index contributed by atoms with van der Waals surface area (Å²) in [7, 11) is 0. The predicted octanol–water partition coefficient (Wildman–Crippen LogP) is 3.13. The molecule has 5 nitrogen and oxygen atoms in total. The molecule has 2 aliphatic rings. The highest BCUT2D eigenvalue weighted by Crippen LogP contribution is 2.32. The molecule has 0 spiro atoms. The van der Waals surface area contributed by atoms with Gasteiger partial charge in [0.25, 0.3) is 0 Å². The smallest absolute Gasteiger partial charge is 0.414 e. The number of anilines is 1. The van der Waals surface area contributed by atoms with Crippen molar-refractivity contribution in [2.45, 2.75) is 25.4 Å². The molecule has 2 amide bonds. The number of carbonyl (C=O) groups excluding carboxylic acids is 2. The molecule has 26 heavy (non-hydrogen) atoms. The molecule has 2 aromatic rings. The fourth-order valence-electron chi connectivity index (χ4n) is 3.55. The summed E-state index contributed by atoms with van der Waals surface area (Å²) in [5.74, 6) is -0.393. The first-order valence-electron chi connectivity index (χ1n) is 8.68. The molecule has 1 unspecified atom stereocenters. The Labute approximate surface area is 151 Å². The predicted molar refractivity (Wildman–Crippen MR) is 94.2 cm³/mol. The molecule has 6 heteroatoms. The average Bonchev–Trinajstić information content (AvgIpc) is 2.98. The molecule has 134 valence electrons. The van der Waals surface area contributed by atoms with Gasteiger partial charge in [-0.05, 0) is 29.7 Å². The summed E-state index contributed by atoms with van der Waals surface area (Å²) >= 11 is 0. The molecule has 1 atom stereocenters. The van der Waals surface area contributed by atoms with Crippen LogP contribution in [0.5, 0.6) is 0 Å². The number of cyclic esters (lactones) is 1. The van der Waals surface area contributed by atoms with E-state index >= 15 is 0 Å². The van der Waals surface area contributed by atoms with E-state index in [1.165, 1.54) is 17.0 Å². The number of amides is 2. The summed E-state index contributed by atoms with van der Waals surface area (Å²) < 4.78 is 19.0. The Bertz CT molecular complexity index is 840. The molecule has 2 aromatic carbocycles. The van der Waals surface area contributed by atoms with E-state index in [-0.39, 0.29) is 18.6 Å². The lowest BCUT2D eigenvalue weighted by Gasteiger charge is -2.32. The van der Waals surface area contributed by atoms with E-state index < -0.39 is 11.9 Å². The van der Waals surface area contributed by atoms with Crippen molar-refractivity contribution in [2.75, 3.05) is 18.1 Å². The first kappa shape index (κ1) is 16.6. The van der Waals surface area contributed by atoms with Gasteiger partial charge in [-0.3, -0.25) is 9.69 Å². The zero-order chi connectivity index (χ0) is 18.1. The van der Waals surface area contributed by atoms with Crippen molar-refractivity contribution in [1.29, 1.82) is 0 Å². The standard InChI is InChI=1S/C20H19FN2O3/c21-16-7-6-15-12-22(19(24)10-14-4-2-1-3-5-14)9-8-17-13-26-20(25)23(17)18(15)11-16/h1-7,11,17H,8-10,12-13H2. The Balaban J connectivity index is 1.63. The van der Waals surface area contributed by atoms with E-state index in [2.05, 4.69) is 0 Å². The minimum Gasteiger partial charge on any atom is -0.447 e. The number of hydrogen-bond acceptors (Lipinski definition) is 3. The molecular weight excluding hydrogens is 335 g/mol. The number of carbonyl (C=O) groups is 2. The van der Waals surface area contributed by atoms with E-state index in [0.29, 0.717) is 31.6 Å². The van der Waals surface area contributed by atoms with Gasteiger partial charge in [0.05, 0.1) is 18.2 Å². The Morgan fingerprint density at radius 3 is 2.81 bits per heavy atom. The molecular formula is C20H19FN2O3. The molecule has 1 fully saturated rings. The average molecular weight is 354 g/mol. The fraction of sp³-hybridized carbons (Fsp3) is 0.300. The van der Waals surface area contributed by atoms with Crippen LogP contribution in [-0.2, 0) is 22.5 Å². The third kappa shape index (κ3) is 3.14. The lowest BCUT2D eigenvalue weighted by molar-refractivity contribution is -0.131. The summed E-state index contributed by atoms with van der Waals surface area (Å²) in [6.45, 7) is 1.13. The first-order valence-corrected chi connectivity index (χ1v) is 8.68. The Kier molecular flexibility index (Phi) is 4.32. The molecule has 0 N–H and O–H groups in total. The molecule has 0 bridgehead atoms. The van der Waals surface area contributed by atoms with Crippen LogP contribution in [0.1, 0.15) is 17.5 Å². The van der Waals surface area contributed by atoms with E-state index in [1.807, 2.05) is 30.3 Å². The maximum atomic E-state index is 13.8. The number of halogens is 1. The Morgan fingerprint density at radius 1 is 1.19 bits per heavy atom. The van der Waals surface area contributed by atoms with Crippen molar-refractivity contribution in [3.05, 3.63) is 65.5 Å². The van der Waals surface area contributed by atoms with Gasteiger partial charge in [0.15, 0.2) is 0 Å². The normalized spacial score (nSPS) is 19.3. The monoisotopic (exact) mass is 354 g/mol. The van der Waals surface area contributed by atoms with Gasteiger partial charge in [-0.25, -0.2) is 9.18 Å². The lowest BCUT2D eigenvalue weighted by atomic mass is 10.0. The maximum absolute atomic E-state index is 13.8. The third-order valence-electron chi connectivity index (χ3n) is 4.91. The number of rotatable bonds is 2. The van der Waals surface area contributed by atoms with E-state index in [4.69, 9.17) is 4.74 Å². The number of nitrogens with zero attached hydrogens (tertiary/aromatic N) is 2. The van der Waals surface area contributed by atoms with Crippen molar-refractivity contribution in [3.8, 4) is 0 Å². The van der Waals surface area contributed by atoms with E-state index in [9.17, 15) is 14.0 Å². The van der Waals surface area contributed by atoms with Crippen LogP contribution < -0.4 is 4.90 Å². The molecule has 0 aliphatic carbocycles. The molecule has 4 rings (SSSR count). The van der Waals surface area contributed by atoms with Crippen LogP contribution in [0, 0.1) is 5.82 Å². The van der Waals surface area contributed by atoms with Crippen LogP contribution in [-0.4, -0.2) is 36.1 Å². The summed E-state index contributed by atoms with van der Waals surface area (Å²) in [6.07, 6.45) is 0.467. The highest BCUT2D eigenvalue weighted by Gasteiger charge is 2.37. The summed E-state index contributed by atoms with van der Waals surface area (Å²) in [6, 6.07) is 13.8. The van der Waals surface area contributed by atoms with Crippen LogP contribution in [0.4, 0.5) is 14.9 Å². The molecule has 2 heterocycles. The highest BCUT2D eigenvalue weighted by molar-refractivity contribution is 5.91. The van der Waals surface area contributed by atoms with Crippen LogP contribution >= 0.6 is 0 Å². The van der Waals surface area contributed by atoms with Gasteiger partial charge >= 0.3 is 6.09 Å². The van der Waals surface area contributed by atoms with E-state index in [0.717, 1.165) is 11.1 Å². The van der Waals surface area contributed by atoms with Crippen LogP contribution in [0.25, 0.3) is 0 Å². The van der Waals surface area contributed by atoms with Gasteiger partial charge in [0, 0.05) is 13.1 Å². The number of benzene rings is 2. The van der Waals surface area contributed by atoms with Crippen LogP contribution in [0.15, 0.2) is 48.5 Å². The second-order valence-corrected chi connectivity index (χ2v) is 6.64. The summed E-state index contributed by atoms with van der Waals surface area (Å²) in [4.78, 5) is 28.2. The molecule has 2 aliphatic heterocycles. The highest BCUT2D eigenvalue weighted by atomic mass is 19.1. The van der Waals surface area contributed by atoms with E-state index in [1.54, 1.807) is 11.0 Å². The van der Waals surface area contributed by atoms with Crippen molar-refractivity contribution in [2.24, 2.45) is 0 Å². The molecule has 0 saturated carbocycles. The van der Waals surface area contributed by atoms with Crippen LogP contribution in [0.3, 0.4) is 0 Å². The van der Waals surface area contributed by atoms with Gasteiger partial charge < -0.3 is 9.64 Å². The van der Waals surface area contributed by atoms with Crippen molar-refractivity contribution < 1.29 is 18.7 Å². The lowest BCUT2D eigenvalue weighted by Crippen LogP contribution is -2.42. The Hall–Kier alpha value is -2.89. The second-order valence-electron chi connectivity index (χ2n) is 6.64. The van der Waals surface area contributed by atoms with Crippen LogP contribution in [0.2, 0.25) is 0 Å². The number of hydrogen-bond donors (Lipinski definition) is 0. The molecule has 0 aromatic heterocycles. The molecule has 0 radical (unpaired) electrons. The van der Waals surface area contributed by atoms with Gasteiger partial charge in [-0.1, -0.05) is 36.4 Å². The first-order chi connectivity index (χ1) is 12.6. The summed E-state index contributed by atoms with van der Waals surface area (Å²) in [5.41, 5.74) is 2.20. The SMILES string of the molecule is O=C(Cc1ccccc1)N1CCC2COC(=O)N2c2cc(F)ccc2C1. The van der Waals surface area contributed by atoms with Gasteiger partial charge in [-0.15, -0.1) is 0 Å². The van der Waals surface area contributed by atoms with Gasteiger partial charge in [-0.2, -0.15) is 0 Å². The van der Waals surface area contributed by atoms with Gasteiger partial charge in [0.2, 0.25) is 5.91 Å². The quantitative estimate of drug-likeness (QED) is 0.833. The zero-order valence-corrected chi connectivity index (χ0v) is 14.2. The summed E-state index contributed by atoms with van der Waals surface area (Å²) in [5, 5.41) is 0. The molecule has 1 saturated heterocycles. The van der Waals surface area contributed by atoms with Gasteiger partial charge in [0.1, 0.15) is 12.4 Å². The number of ether oxygens (including phenoxy) is 1. The Morgan fingerprint density at radius 2 is 2.00 bits per heavy atom. The minimum atomic E-state index is -0.453. The largest absolute Gasteiger partial charge is 0.447 e. The second kappa shape index (κ2) is 6.78. The number of fused-ring (bicyclic) bond motifs is 3. The van der Waals surface area contributed by atoms with Crippen molar-refractivity contribution in [3.63, 3.8) is 0 Å². The topological polar surface area (TPSA) is 49.9 Å². The maximum Gasteiger partial charge on any atom is 0.414 e. The zero-order valence-electron chi connectivity index (χ0n) is 14.2. The van der Waals surface area contributed by atoms with Crippen molar-refractivity contribution >= 4 is 17.7 Å². The minimum absolute atomic E-state index is 0.0187. The third-order valence-corrected chi connectivity index (χ3v) is 4.91. The van der Waals surface area contributed by atoms with Crippen molar-refractivity contribution in [1.82, 2.24) is 4.90 Å².